The van der Waals surface area contributed by atoms with Gasteiger partial charge in [-0.1, -0.05) is 13.8 Å². The molecule has 18 heavy (non-hydrogen) atoms. The van der Waals surface area contributed by atoms with Crippen molar-refractivity contribution in [2.45, 2.75) is 26.2 Å². The van der Waals surface area contributed by atoms with Crippen molar-refractivity contribution in [1.82, 2.24) is 9.97 Å². The number of nitrogens with one attached hydrogen (secondary N) is 1. The van der Waals surface area contributed by atoms with Crippen molar-refractivity contribution in [2.24, 2.45) is 11.8 Å². The molecule has 1 aliphatic carbocycles. The molecule has 2 rings (SSSR count). The minimum absolute atomic E-state index is 0.231. The molecule has 2 N–H and O–H groups in total. The number of rotatable bonds is 4. The van der Waals surface area contributed by atoms with Crippen LogP contribution in [0.3, 0.4) is 0 Å². The second-order valence-corrected chi connectivity index (χ2v) is 4.76. The van der Waals surface area contributed by atoms with Crippen LogP contribution in [-0.4, -0.2) is 27.0 Å². The smallest absolute Gasteiger partial charge is 0.307 e. The molecule has 0 saturated heterocycles. The summed E-state index contributed by atoms with van der Waals surface area (Å²) in [4.78, 5) is 30.6. The van der Waals surface area contributed by atoms with Gasteiger partial charge in [0.05, 0.1) is 29.9 Å². The lowest BCUT2D eigenvalue weighted by atomic mass is 10.2. The summed E-state index contributed by atoms with van der Waals surface area (Å²) in [5.41, 5.74) is 0.500. The molecule has 96 valence electrons. The van der Waals surface area contributed by atoms with Crippen LogP contribution in [0.15, 0.2) is 12.4 Å². The van der Waals surface area contributed by atoms with Crippen LogP contribution in [0.1, 0.15) is 32.0 Å². The van der Waals surface area contributed by atoms with Crippen molar-refractivity contribution in [3.8, 4) is 0 Å². The summed E-state index contributed by atoms with van der Waals surface area (Å²) in [7, 11) is 0. The highest BCUT2D eigenvalue weighted by Crippen LogP contribution is 2.39. The largest absolute Gasteiger partial charge is 0.481 e. The lowest BCUT2D eigenvalue weighted by molar-refractivity contribution is -0.139. The van der Waals surface area contributed by atoms with Gasteiger partial charge in [0.15, 0.2) is 0 Å². The maximum atomic E-state index is 11.7. The predicted octanol–water partition coefficient (Wildman–Crippen LogP) is 1.26. The summed E-state index contributed by atoms with van der Waals surface area (Å²) in [6, 6.07) is 0. The van der Waals surface area contributed by atoms with E-state index in [1.165, 1.54) is 0 Å². The zero-order chi connectivity index (χ0) is 13.3. The number of hydrogen-bond acceptors (Lipinski definition) is 4. The van der Waals surface area contributed by atoms with E-state index in [1.807, 2.05) is 13.8 Å². The van der Waals surface area contributed by atoms with E-state index in [4.69, 9.17) is 5.11 Å². The van der Waals surface area contributed by atoms with Gasteiger partial charge in [-0.15, -0.1) is 0 Å². The number of aromatic nitrogens is 2. The number of amides is 1. The maximum Gasteiger partial charge on any atom is 0.307 e. The third-order valence-corrected chi connectivity index (χ3v) is 2.90. The molecule has 1 saturated carbocycles. The predicted molar refractivity (Wildman–Crippen MR) is 64.0 cm³/mol. The van der Waals surface area contributed by atoms with Crippen LogP contribution in [0.4, 0.5) is 5.69 Å². The van der Waals surface area contributed by atoms with Crippen molar-refractivity contribution in [1.29, 1.82) is 0 Å². The molecule has 0 radical (unpaired) electrons. The quantitative estimate of drug-likeness (QED) is 0.838. The van der Waals surface area contributed by atoms with Crippen LogP contribution in [0.5, 0.6) is 0 Å². The van der Waals surface area contributed by atoms with Crippen molar-refractivity contribution in [3.63, 3.8) is 0 Å². The molecule has 0 unspecified atom stereocenters. The number of carbonyl (C=O) groups is 2. The van der Waals surface area contributed by atoms with Crippen molar-refractivity contribution in [2.75, 3.05) is 5.32 Å². The van der Waals surface area contributed by atoms with Gasteiger partial charge in [-0.05, 0) is 6.42 Å². The normalized spacial score (nSPS) is 21.7. The molecule has 1 heterocycles. The molecule has 2 atom stereocenters. The Kier molecular flexibility index (Phi) is 3.27. The standard InChI is InChI=1S/C12H15N3O3/c1-6(2)10-13-4-7(5-14-10)15-11(16)8-3-9(8)12(17)18/h4-6,8-9H,3H2,1-2H3,(H,15,16)(H,17,18)/t8-,9+/m1/s1. The molecule has 1 aromatic heterocycles. The van der Waals surface area contributed by atoms with Crippen molar-refractivity contribution in [3.05, 3.63) is 18.2 Å². The molecule has 0 bridgehead atoms. The van der Waals surface area contributed by atoms with E-state index in [9.17, 15) is 9.59 Å². The number of nitrogens with zero attached hydrogens (tertiary/aromatic N) is 2. The number of anilines is 1. The number of carbonyl (C=O) groups excluding carboxylic acids is 1. The molecule has 1 amide bonds. The molecule has 6 heteroatoms. The van der Waals surface area contributed by atoms with E-state index in [1.54, 1.807) is 12.4 Å². The summed E-state index contributed by atoms with van der Waals surface area (Å²) in [6.07, 6.45) is 3.49. The molecule has 0 spiro atoms. The molecular weight excluding hydrogens is 234 g/mol. The minimum Gasteiger partial charge on any atom is -0.481 e. The molecule has 0 aromatic carbocycles. The Morgan fingerprint density at radius 3 is 2.39 bits per heavy atom. The highest BCUT2D eigenvalue weighted by Gasteiger charge is 2.48. The highest BCUT2D eigenvalue weighted by molar-refractivity contribution is 5.97. The Hall–Kier alpha value is -1.98. The van der Waals surface area contributed by atoms with E-state index < -0.39 is 17.8 Å². The van der Waals surface area contributed by atoms with Crippen LogP contribution in [0, 0.1) is 11.8 Å². The van der Waals surface area contributed by atoms with Crippen LogP contribution < -0.4 is 5.32 Å². The topological polar surface area (TPSA) is 92.2 Å². The number of carboxylic acids is 1. The fourth-order valence-electron chi connectivity index (χ4n) is 1.69. The summed E-state index contributed by atoms with van der Waals surface area (Å²) < 4.78 is 0. The average molecular weight is 249 g/mol. The monoisotopic (exact) mass is 249 g/mol. The van der Waals surface area contributed by atoms with Gasteiger partial charge in [0.25, 0.3) is 0 Å². The fraction of sp³-hybridized carbons (Fsp3) is 0.500. The van der Waals surface area contributed by atoms with Crippen LogP contribution >= 0.6 is 0 Å². The van der Waals surface area contributed by atoms with Gasteiger partial charge in [-0.25, -0.2) is 9.97 Å². The van der Waals surface area contributed by atoms with E-state index in [2.05, 4.69) is 15.3 Å². The lowest BCUT2D eigenvalue weighted by Gasteiger charge is -2.06. The summed E-state index contributed by atoms with van der Waals surface area (Å²) in [5, 5.41) is 11.4. The van der Waals surface area contributed by atoms with E-state index >= 15 is 0 Å². The fourth-order valence-corrected chi connectivity index (χ4v) is 1.69. The Balaban J connectivity index is 1.94. The maximum absolute atomic E-state index is 11.7. The molecule has 1 fully saturated rings. The third-order valence-electron chi connectivity index (χ3n) is 2.90. The molecule has 0 aliphatic heterocycles. The first-order chi connectivity index (χ1) is 8.49. The SMILES string of the molecule is CC(C)c1ncc(NC(=O)[C@@H]2C[C@@H]2C(=O)O)cn1. The van der Waals surface area contributed by atoms with E-state index in [-0.39, 0.29) is 11.8 Å². The number of hydrogen-bond donors (Lipinski definition) is 2. The van der Waals surface area contributed by atoms with Gasteiger partial charge < -0.3 is 10.4 Å². The Morgan fingerprint density at radius 1 is 1.33 bits per heavy atom. The van der Waals surface area contributed by atoms with Crippen molar-refractivity contribution < 1.29 is 14.7 Å². The minimum atomic E-state index is -0.915. The summed E-state index contributed by atoms with van der Waals surface area (Å²) in [5.74, 6) is -1.21. The van der Waals surface area contributed by atoms with Crippen LogP contribution in [0.2, 0.25) is 0 Å². The molecule has 1 aromatic rings. The summed E-state index contributed by atoms with van der Waals surface area (Å²) in [6.45, 7) is 3.96. The number of carboxylic acid groups (broad SMARTS) is 1. The van der Waals surface area contributed by atoms with E-state index in [0.29, 0.717) is 17.9 Å². The van der Waals surface area contributed by atoms with Crippen LogP contribution in [0.25, 0.3) is 0 Å². The zero-order valence-electron chi connectivity index (χ0n) is 10.3. The van der Waals surface area contributed by atoms with Crippen molar-refractivity contribution >= 4 is 17.6 Å². The first kappa shape index (κ1) is 12.5. The Bertz CT molecular complexity index is 470. The second kappa shape index (κ2) is 4.72. The van der Waals surface area contributed by atoms with E-state index in [0.717, 1.165) is 0 Å². The van der Waals surface area contributed by atoms with Gasteiger partial charge in [0.1, 0.15) is 5.82 Å². The first-order valence-corrected chi connectivity index (χ1v) is 5.84. The lowest BCUT2D eigenvalue weighted by Crippen LogP contribution is -2.17. The molecular formula is C12H15N3O3. The third kappa shape index (κ3) is 2.64. The average Bonchev–Trinajstić information content (AvgIpc) is 3.09. The first-order valence-electron chi connectivity index (χ1n) is 5.84. The summed E-state index contributed by atoms with van der Waals surface area (Å²) >= 11 is 0. The molecule has 1 aliphatic rings. The Morgan fingerprint density at radius 2 is 1.94 bits per heavy atom. The van der Waals surface area contributed by atoms with Gasteiger partial charge in [-0.2, -0.15) is 0 Å². The van der Waals surface area contributed by atoms with Crippen LogP contribution in [-0.2, 0) is 9.59 Å². The molecule has 6 nitrogen and oxygen atoms in total. The van der Waals surface area contributed by atoms with Gasteiger partial charge >= 0.3 is 5.97 Å². The van der Waals surface area contributed by atoms with Gasteiger partial charge in [0.2, 0.25) is 5.91 Å². The second-order valence-electron chi connectivity index (χ2n) is 4.76. The Labute approximate surface area is 104 Å². The highest BCUT2D eigenvalue weighted by atomic mass is 16.4. The van der Waals surface area contributed by atoms with Gasteiger partial charge in [-0.3, -0.25) is 9.59 Å². The van der Waals surface area contributed by atoms with Gasteiger partial charge in [0, 0.05) is 5.92 Å². The zero-order valence-corrected chi connectivity index (χ0v) is 10.3. The number of aliphatic carboxylic acids is 1.